The maximum atomic E-state index is 4.38. The number of hydrogen-bond donors (Lipinski definition) is 1. The molecule has 2 rings (SSSR count). The van der Waals surface area contributed by atoms with Crippen molar-refractivity contribution in [3.8, 4) is 0 Å². The van der Waals surface area contributed by atoms with Crippen LogP contribution in [0.25, 0.3) is 0 Å². The predicted molar refractivity (Wildman–Crippen MR) is 74.7 cm³/mol. The van der Waals surface area contributed by atoms with Crippen molar-refractivity contribution in [2.24, 2.45) is 7.05 Å². The Morgan fingerprint density at radius 1 is 1.32 bits per heavy atom. The molecule has 0 aliphatic heterocycles. The van der Waals surface area contributed by atoms with Crippen LogP contribution in [0.1, 0.15) is 36.5 Å². The number of nitrogens with zero attached hydrogens (tertiary/aromatic N) is 4. The Kier molecular flexibility index (Phi) is 4.63. The summed E-state index contributed by atoms with van der Waals surface area (Å²) in [5.74, 6) is 0.981. The standard InChI is InChI=1S/C14H21N5/c1-4-7-15-13(8-14-17-10-18-19(14)3)12-6-5-11(2)16-9-12/h5-6,9-10,13,15H,4,7-8H2,1-3H3. The van der Waals surface area contributed by atoms with Crippen LogP contribution in [-0.2, 0) is 13.5 Å². The fourth-order valence-corrected chi connectivity index (χ4v) is 2.00. The fraction of sp³-hybridized carbons (Fsp3) is 0.500. The van der Waals surface area contributed by atoms with Gasteiger partial charge in [-0.2, -0.15) is 5.10 Å². The van der Waals surface area contributed by atoms with E-state index in [1.807, 2.05) is 30.9 Å². The number of rotatable bonds is 6. The van der Waals surface area contributed by atoms with E-state index in [0.29, 0.717) is 0 Å². The molecule has 2 aromatic rings. The highest BCUT2D eigenvalue weighted by Gasteiger charge is 2.14. The third kappa shape index (κ3) is 3.61. The molecule has 19 heavy (non-hydrogen) atoms. The van der Waals surface area contributed by atoms with Gasteiger partial charge in [0.1, 0.15) is 12.2 Å². The smallest absolute Gasteiger partial charge is 0.138 e. The van der Waals surface area contributed by atoms with Gasteiger partial charge in [0.15, 0.2) is 0 Å². The van der Waals surface area contributed by atoms with Crippen LogP contribution in [0.2, 0.25) is 0 Å². The SMILES string of the molecule is CCCNC(Cc1ncnn1C)c1ccc(C)nc1. The van der Waals surface area contributed by atoms with Crippen LogP contribution >= 0.6 is 0 Å². The lowest BCUT2D eigenvalue weighted by Gasteiger charge is -2.18. The van der Waals surface area contributed by atoms with E-state index in [1.54, 1.807) is 6.33 Å². The lowest BCUT2D eigenvalue weighted by molar-refractivity contribution is 0.505. The van der Waals surface area contributed by atoms with Crippen molar-refractivity contribution in [1.82, 2.24) is 25.1 Å². The summed E-state index contributed by atoms with van der Waals surface area (Å²) in [5, 5.41) is 7.67. The first-order valence-electron chi connectivity index (χ1n) is 6.69. The summed E-state index contributed by atoms with van der Waals surface area (Å²) in [6.07, 6.45) is 5.47. The number of aryl methyl sites for hydroxylation is 2. The van der Waals surface area contributed by atoms with Gasteiger partial charge in [-0.05, 0) is 31.5 Å². The van der Waals surface area contributed by atoms with E-state index in [4.69, 9.17) is 0 Å². The summed E-state index contributed by atoms with van der Waals surface area (Å²) in [7, 11) is 1.92. The van der Waals surface area contributed by atoms with Crippen molar-refractivity contribution in [1.29, 1.82) is 0 Å². The van der Waals surface area contributed by atoms with E-state index in [-0.39, 0.29) is 6.04 Å². The summed E-state index contributed by atoms with van der Waals surface area (Å²) < 4.78 is 1.82. The molecule has 0 radical (unpaired) electrons. The van der Waals surface area contributed by atoms with Gasteiger partial charge >= 0.3 is 0 Å². The molecule has 2 aromatic heterocycles. The molecule has 5 heteroatoms. The Morgan fingerprint density at radius 3 is 2.74 bits per heavy atom. The predicted octanol–water partition coefficient (Wildman–Crippen LogP) is 1.80. The number of aromatic nitrogens is 4. The Bertz CT molecular complexity index is 503. The van der Waals surface area contributed by atoms with Crippen LogP contribution in [0.4, 0.5) is 0 Å². The Balaban J connectivity index is 2.15. The van der Waals surface area contributed by atoms with E-state index in [2.05, 4.69) is 33.4 Å². The molecule has 1 N–H and O–H groups in total. The molecular formula is C14H21N5. The zero-order valence-corrected chi connectivity index (χ0v) is 11.8. The van der Waals surface area contributed by atoms with Gasteiger partial charge in [0.2, 0.25) is 0 Å². The Morgan fingerprint density at radius 2 is 2.16 bits per heavy atom. The van der Waals surface area contributed by atoms with Crippen molar-refractivity contribution in [2.75, 3.05) is 6.54 Å². The van der Waals surface area contributed by atoms with E-state index in [1.165, 1.54) is 5.56 Å². The second kappa shape index (κ2) is 6.43. The summed E-state index contributed by atoms with van der Waals surface area (Å²) in [6, 6.07) is 4.41. The Hall–Kier alpha value is -1.75. The maximum Gasteiger partial charge on any atom is 0.138 e. The average Bonchev–Trinajstić information content (AvgIpc) is 2.81. The van der Waals surface area contributed by atoms with Gasteiger partial charge in [0.25, 0.3) is 0 Å². The highest BCUT2D eigenvalue weighted by atomic mass is 15.3. The van der Waals surface area contributed by atoms with Crippen LogP contribution in [0, 0.1) is 6.92 Å². The molecule has 1 unspecified atom stereocenters. The Labute approximate surface area is 114 Å². The maximum absolute atomic E-state index is 4.38. The highest BCUT2D eigenvalue weighted by molar-refractivity contribution is 5.18. The topological polar surface area (TPSA) is 55.6 Å². The molecule has 0 aromatic carbocycles. The van der Waals surface area contributed by atoms with Crippen molar-refractivity contribution < 1.29 is 0 Å². The normalized spacial score (nSPS) is 12.6. The zero-order valence-electron chi connectivity index (χ0n) is 11.8. The largest absolute Gasteiger partial charge is 0.310 e. The zero-order chi connectivity index (χ0) is 13.7. The molecule has 1 atom stereocenters. The van der Waals surface area contributed by atoms with Crippen LogP contribution in [0.15, 0.2) is 24.7 Å². The van der Waals surface area contributed by atoms with Crippen molar-refractivity contribution >= 4 is 0 Å². The summed E-state index contributed by atoms with van der Waals surface area (Å²) >= 11 is 0. The summed E-state index contributed by atoms with van der Waals surface area (Å²) in [6.45, 7) is 5.15. The van der Waals surface area contributed by atoms with Gasteiger partial charge in [0.05, 0.1) is 0 Å². The first-order chi connectivity index (χ1) is 9.20. The second-order valence-corrected chi connectivity index (χ2v) is 4.74. The van der Waals surface area contributed by atoms with Gasteiger partial charge < -0.3 is 5.32 Å². The first kappa shape index (κ1) is 13.7. The summed E-state index contributed by atoms with van der Waals surface area (Å²) in [5.41, 5.74) is 2.23. The van der Waals surface area contributed by atoms with Crippen LogP contribution in [0.3, 0.4) is 0 Å². The van der Waals surface area contributed by atoms with E-state index < -0.39 is 0 Å². The number of pyridine rings is 1. The van der Waals surface area contributed by atoms with Crippen molar-refractivity contribution in [3.05, 3.63) is 41.7 Å². The van der Waals surface area contributed by atoms with Gasteiger partial charge in [0, 0.05) is 31.4 Å². The molecule has 0 saturated carbocycles. The van der Waals surface area contributed by atoms with Crippen LogP contribution in [0.5, 0.6) is 0 Å². The molecule has 2 heterocycles. The second-order valence-electron chi connectivity index (χ2n) is 4.74. The summed E-state index contributed by atoms with van der Waals surface area (Å²) in [4.78, 5) is 8.68. The van der Waals surface area contributed by atoms with Crippen LogP contribution in [-0.4, -0.2) is 26.3 Å². The van der Waals surface area contributed by atoms with Gasteiger partial charge in [-0.3, -0.25) is 9.67 Å². The minimum Gasteiger partial charge on any atom is -0.310 e. The van der Waals surface area contributed by atoms with Gasteiger partial charge in [-0.15, -0.1) is 0 Å². The number of hydrogen-bond acceptors (Lipinski definition) is 4. The molecule has 102 valence electrons. The average molecular weight is 259 g/mol. The van der Waals surface area contributed by atoms with E-state index >= 15 is 0 Å². The van der Waals surface area contributed by atoms with Crippen molar-refractivity contribution in [3.63, 3.8) is 0 Å². The van der Waals surface area contributed by atoms with Gasteiger partial charge in [-0.1, -0.05) is 13.0 Å². The molecule has 0 aliphatic rings. The monoisotopic (exact) mass is 259 g/mol. The third-order valence-electron chi connectivity index (χ3n) is 3.17. The minimum atomic E-state index is 0.232. The third-order valence-corrected chi connectivity index (χ3v) is 3.17. The minimum absolute atomic E-state index is 0.232. The molecule has 5 nitrogen and oxygen atoms in total. The molecule has 0 fully saturated rings. The lowest BCUT2D eigenvalue weighted by atomic mass is 10.0. The molecule has 0 spiro atoms. The first-order valence-corrected chi connectivity index (χ1v) is 6.69. The number of nitrogens with one attached hydrogen (secondary N) is 1. The fourth-order valence-electron chi connectivity index (χ4n) is 2.00. The van der Waals surface area contributed by atoms with Crippen LogP contribution < -0.4 is 5.32 Å². The molecular weight excluding hydrogens is 238 g/mol. The molecule has 0 bridgehead atoms. The molecule has 0 saturated heterocycles. The lowest BCUT2D eigenvalue weighted by Crippen LogP contribution is -2.25. The molecule has 0 aliphatic carbocycles. The van der Waals surface area contributed by atoms with Gasteiger partial charge in [-0.25, -0.2) is 4.98 Å². The van der Waals surface area contributed by atoms with E-state index in [0.717, 1.165) is 30.9 Å². The molecule has 0 amide bonds. The highest BCUT2D eigenvalue weighted by Crippen LogP contribution is 2.16. The van der Waals surface area contributed by atoms with Crippen molar-refractivity contribution in [2.45, 2.75) is 32.7 Å². The van der Waals surface area contributed by atoms with E-state index in [9.17, 15) is 0 Å². The quantitative estimate of drug-likeness (QED) is 0.859.